The van der Waals surface area contributed by atoms with Gasteiger partial charge in [-0.1, -0.05) is 31.5 Å². The van der Waals surface area contributed by atoms with Crippen LogP contribution in [0.5, 0.6) is 11.5 Å². The molecule has 138 valence electrons. The van der Waals surface area contributed by atoms with Crippen LogP contribution >= 0.6 is 0 Å². The number of carbonyl (C=O) groups excluding carboxylic acids is 1. The highest BCUT2D eigenvalue weighted by Gasteiger charge is 2.03. The summed E-state index contributed by atoms with van der Waals surface area (Å²) in [5.41, 5.74) is 1.61. The van der Waals surface area contributed by atoms with E-state index >= 15 is 0 Å². The molecule has 0 aliphatic heterocycles. The number of carbonyl (C=O) groups is 1. The lowest BCUT2D eigenvalue weighted by atomic mass is 10.2. The van der Waals surface area contributed by atoms with Crippen LogP contribution in [0.2, 0.25) is 0 Å². The van der Waals surface area contributed by atoms with Crippen molar-refractivity contribution in [2.45, 2.75) is 26.2 Å². The first kappa shape index (κ1) is 18.5. The van der Waals surface area contributed by atoms with Crippen molar-refractivity contribution >= 4 is 23.1 Å². The quantitative estimate of drug-likeness (QED) is 0.536. The van der Waals surface area contributed by atoms with Crippen LogP contribution in [0, 0.1) is 0 Å². The summed E-state index contributed by atoms with van der Waals surface area (Å²) in [4.78, 5) is 16.1. The lowest BCUT2D eigenvalue weighted by molar-refractivity contribution is -0.116. The van der Waals surface area contributed by atoms with E-state index in [1.54, 1.807) is 6.20 Å². The van der Waals surface area contributed by atoms with Crippen molar-refractivity contribution in [1.82, 2.24) is 4.98 Å². The van der Waals surface area contributed by atoms with Crippen molar-refractivity contribution in [3.05, 3.63) is 72.9 Å². The number of aromatic nitrogens is 1. The average molecular weight is 361 g/mol. The minimum absolute atomic E-state index is 0.0216. The van der Waals surface area contributed by atoms with Crippen molar-refractivity contribution in [3.63, 3.8) is 0 Å². The van der Waals surface area contributed by atoms with Crippen LogP contribution in [0.3, 0.4) is 0 Å². The second-order valence-electron chi connectivity index (χ2n) is 6.15. The molecule has 2 N–H and O–H groups in total. The largest absolute Gasteiger partial charge is 0.457 e. The summed E-state index contributed by atoms with van der Waals surface area (Å²) in [6, 6.07) is 21.0. The van der Waals surface area contributed by atoms with Crippen LogP contribution in [0.15, 0.2) is 72.9 Å². The van der Waals surface area contributed by atoms with E-state index in [0.29, 0.717) is 17.9 Å². The monoisotopic (exact) mass is 361 g/mol. The fourth-order valence-corrected chi connectivity index (χ4v) is 2.48. The Morgan fingerprint density at radius 1 is 0.926 bits per heavy atom. The van der Waals surface area contributed by atoms with E-state index < -0.39 is 0 Å². The molecule has 0 spiro atoms. The zero-order valence-electron chi connectivity index (χ0n) is 15.3. The Kier molecular flexibility index (Phi) is 6.41. The normalized spacial score (nSPS) is 10.3. The number of rotatable bonds is 8. The maximum Gasteiger partial charge on any atom is 0.224 e. The molecule has 1 amide bonds. The second-order valence-corrected chi connectivity index (χ2v) is 6.15. The van der Waals surface area contributed by atoms with Gasteiger partial charge in [0.1, 0.15) is 17.3 Å². The highest BCUT2D eigenvalue weighted by molar-refractivity contribution is 5.90. The molecule has 0 aliphatic carbocycles. The van der Waals surface area contributed by atoms with Gasteiger partial charge in [0.2, 0.25) is 5.91 Å². The van der Waals surface area contributed by atoms with Crippen molar-refractivity contribution in [3.8, 4) is 11.5 Å². The number of ether oxygens (including phenoxy) is 1. The van der Waals surface area contributed by atoms with Crippen LogP contribution < -0.4 is 15.4 Å². The molecule has 0 saturated heterocycles. The first-order valence-corrected chi connectivity index (χ1v) is 9.09. The van der Waals surface area contributed by atoms with E-state index in [9.17, 15) is 4.79 Å². The lowest BCUT2D eigenvalue weighted by Crippen LogP contribution is -2.11. The maximum absolute atomic E-state index is 11.7. The lowest BCUT2D eigenvalue weighted by Gasteiger charge is -2.09. The van der Waals surface area contributed by atoms with Crippen LogP contribution in [0.4, 0.5) is 17.2 Å². The fourth-order valence-electron chi connectivity index (χ4n) is 2.48. The summed E-state index contributed by atoms with van der Waals surface area (Å²) in [5, 5.41) is 6.08. The molecule has 0 unspecified atom stereocenters. The minimum Gasteiger partial charge on any atom is -0.457 e. The van der Waals surface area contributed by atoms with E-state index in [2.05, 4.69) is 22.5 Å². The van der Waals surface area contributed by atoms with Crippen LogP contribution in [-0.4, -0.2) is 10.9 Å². The Morgan fingerprint density at radius 2 is 1.63 bits per heavy atom. The number of para-hydroxylation sites is 1. The van der Waals surface area contributed by atoms with Gasteiger partial charge in [0.05, 0.1) is 11.9 Å². The van der Waals surface area contributed by atoms with E-state index in [0.717, 1.165) is 30.0 Å². The Labute approximate surface area is 159 Å². The summed E-state index contributed by atoms with van der Waals surface area (Å²) in [6.07, 6.45) is 4.08. The van der Waals surface area contributed by atoms with Gasteiger partial charge in [-0.3, -0.25) is 4.79 Å². The molecule has 3 aromatic rings. The number of amides is 1. The summed E-state index contributed by atoms with van der Waals surface area (Å²) in [6.45, 7) is 2.07. The van der Waals surface area contributed by atoms with Gasteiger partial charge in [-0.2, -0.15) is 0 Å². The molecule has 0 fully saturated rings. The zero-order valence-corrected chi connectivity index (χ0v) is 15.3. The Morgan fingerprint density at radius 3 is 2.30 bits per heavy atom. The molecule has 5 heteroatoms. The highest BCUT2D eigenvalue weighted by Crippen LogP contribution is 2.24. The predicted molar refractivity (Wildman–Crippen MR) is 109 cm³/mol. The summed E-state index contributed by atoms with van der Waals surface area (Å²) < 4.78 is 5.78. The topological polar surface area (TPSA) is 63.2 Å². The zero-order chi connectivity index (χ0) is 18.9. The average Bonchev–Trinajstić information content (AvgIpc) is 2.70. The number of nitrogens with zero attached hydrogens (tertiary/aromatic N) is 1. The first-order chi connectivity index (χ1) is 13.2. The van der Waals surface area contributed by atoms with Crippen LogP contribution in [0.1, 0.15) is 26.2 Å². The third-order valence-corrected chi connectivity index (χ3v) is 3.91. The van der Waals surface area contributed by atoms with E-state index in [4.69, 9.17) is 4.74 Å². The van der Waals surface area contributed by atoms with Crippen molar-refractivity contribution < 1.29 is 9.53 Å². The third kappa shape index (κ3) is 5.85. The Bertz CT molecular complexity index is 847. The highest BCUT2D eigenvalue weighted by atomic mass is 16.5. The number of pyridine rings is 1. The van der Waals surface area contributed by atoms with E-state index in [1.165, 1.54) is 0 Å². The standard InChI is InChI=1S/C22H23N3O2/c1-2-3-9-22(26)25-18-12-15-21(23-16-18)24-17-10-13-20(14-11-17)27-19-7-5-4-6-8-19/h4-8,10-16H,2-3,9H2,1H3,(H,23,24)(H,25,26). The molecule has 0 radical (unpaired) electrons. The van der Waals surface area contributed by atoms with Gasteiger partial charge in [-0.25, -0.2) is 4.98 Å². The van der Waals surface area contributed by atoms with E-state index in [-0.39, 0.29) is 5.91 Å². The molecule has 3 rings (SSSR count). The van der Waals surface area contributed by atoms with Gasteiger partial charge < -0.3 is 15.4 Å². The van der Waals surface area contributed by atoms with Crippen molar-refractivity contribution in [2.24, 2.45) is 0 Å². The minimum atomic E-state index is 0.0216. The Hall–Kier alpha value is -3.34. The number of nitrogens with one attached hydrogen (secondary N) is 2. The summed E-state index contributed by atoms with van der Waals surface area (Å²) >= 11 is 0. The molecule has 0 saturated carbocycles. The molecular weight excluding hydrogens is 338 g/mol. The summed E-state index contributed by atoms with van der Waals surface area (Å²) in [5.74, 6) is 2.30. The predicted octanol–water partition coefficient (Wildman–Crippen LogP) is 5.75. The second kappa shape index (κ2) is 9.38. The van der Waals surface area contributed by atoms with Crippen molar-refractivity contribution in [1.29, 1.82) is 0 Å². The number of unbranched alkanes of at least 4 members (excludes halogenated alkanes) is 1. The molecule has 1 aromatic heterocycles. The fraction of sp³-hybridized carbons (Fsp3) is 0.182. The molecule has 5 nitrogen and oxygen atoms in total. The van der Waals surface area contributed by atoms with Crippen molar-refractivity contribution in [2.75, 3.05) is 10.6 Å². The van der Waals surface area contributed by atoms with Gasteiger partial charge in [0.15, 0.2) is 0 Å². The Balaban J connectivity index is 1.55. The van der Waals surface area contributed by atoms with Gasteiger partial charge in [-0.15, -0.1) is 0 Å². The summed E-state index contributed by atoms with van der Waals surface area (Å²) in [7, 11) is 0. The molecular formula is C22H23N3O2. The van der Waals surface area contributed by atoms with Gasteiger partial charge in [0.25, 0.3) is 0 Å². The number of anilines is 3. The molecule has 27 heavy (non-hydrogen) atoms. The van der Waals surface area contributed by atoms with Gasteiger partial charge in [-0.05, 0) is 55.0 Å². The molecule has 1 heterocycles. The first-order valence-electron chi connectivity index (χ1n) is 9.09. The molecule has 0 bridgehead atoms. The number of hydrogen-bond acceptors (Lipinski definition) is 4. The van der Waals surface area contributed by atoms with E-state index in [1.807, 2.05) is 66.7 Å². The third-order valence-electron chi connectivity index (χ3n) is 3.91. The SMILES string of the molecule is CCCCC(=O)Nc1ccc(Nc2ccc(Oc3ccccc3)cc2)nc1. The van der Waals surface area contributed by atoms with Crippen LogP contribution in [-0.2, 0) is 4.79 Å². The van der Waals surface area contributed by atoms with Gasteiger partial charge >= 0.3 is 0 Å². The van der Waals surface area contributed by atoms with Gasteiger partial charge in [0, 0.05) is 12.1 Å². The number of hydrogen-bond donors (Lipinski definition) is 2. The number of benzene rings is 2. The molecule has 2 aromatic carbocycles. The van der Waals surface area contributed by atoms with Crippen LogP contribution in [0.25, 0.3) is 0 Å². The maximum atomic E-state index is 11.7. The molecule has 0 atom stereocenters. The smallest absolute Gasteiger partial charge is 0.224 e. The molecule has 0 aliphatic rings.